The van der Waals surface area contributed by atoms with Crippen LogP contribution in [-0.2, 0) is 27.3 Å². The van der Waals surface area contributed by atoms with Crippen molar-refractivity contribution in [2.24, 2.45) is 10.3 Å². The van der Waals surface area contributed by atoms with Crippen LogP contribution in [0.25, 0.3) is 0 Å². The molecule has 3 aliphatic rings. The molecule has 5 rings (SSSR count). The number of carbonyl (C=O) groups excluding carboxylic acids is 3. The number of amides is 3. The molecule has 2 atom stereocenters. The van der Waals surface area contributed by atoms with Crippen LogP contribution < -0.4 is 20.7 Å². The molecule has 2 aromatic rings. The van der Waals surface area contributed by atoms with Crippen molar-refractivity contribution in [3.05, 3.63) is 52.0 Å². The van der Waals surface area contributed by atoms with Crippen LogP contribution in [0.5, 0.6) is 11.5 Å². The molecule has 1 fully saturated rings. The molecule has 214 valence electrons. The molecule has 3 amide bonds. The highest BCUT2D eigenvalue weighted by Gasteiger charge is 2.27. The van der Waals surface area contributed by atoms with Crippen LogP contribution in [0.1, 0.15) is 51.7 Å². The maximum Gasteiger partial charge on any atom is 0.408 e. The molecule has 3 N–H and O–H groups in total. The monoisotopic (exact) mass is 614 g/mol. The van der Waals surface area contributed by atoms with Gasteiger partial charge in [0.25, 0.3) is 0 Å². The fourth-order valence-corrected chi connectivity index (χ4v) is 4.81. The summed E-state index contributed by atoms with van der Waals surface area (Å²) in [5, 5.41) is 19.0. The molecule has 0 aliphatic carbocycles. The van der Waals surface area contributed by atoms with Crippen molar-refractivity contribution in [2.75, 3.05) is 13.1 Å². The second-order valence-electron chi connectivity index (χ2n) is 10.9. The number of nitrogens with one attached hydrogen (secondary N) is 3. The van der Waals surface area contributed by atoms with E-state index in [2.05, 4.69) is 42.2 Å². The molecule has 1 saturated heterocycles. The van der Waals surface area contributed by atoms with Gasteiger partial charge >= 0.3 is 6.09 Å². The van der Waals surface area contributed by atoms with Crippen LogP contribution in [-0.4, -0.2) is 53.7 Å². The Balaban J connectivity index is 1.64. The van der Waals surface area contributed by atoms with E-state index in [1.54, 1.807) is 39.8 Å². The van der Waals surface area contributed by atoms with Gasteiger partial charge in [-0.3, -0.25) is 14.6 Å². The van der Waals surface area contributed by atoms with Crippen LogP contribution >= 0.6 is 15.9 Å². The van der Waals surface area contributed by atoms with Gasteiger partial charge in [0.05, 0.1) is 0 Å². The number of benzene rings is 2. The highest BCUT2D eigenvalue weighted by molar-refractivity contribution is 9.10. The Bertz CT molecular complexity index is 1270. The lowest BCUT2D eigenvalue weighted by molar-refractivity contribution is -0.129. The quantitative estimate of drug-likeness (QED) is 0.421. The van der Waals surface area contributed by atoms with Crippen LogP contribution in [0.15, 0.2) is 51.2 Å². The minimum absolute atomic E-state index is 0.177. The van der Waals surface area contributed by atoms with Crippen molar-refractivity contribution in [3.63, 3.8) is 0 Å². The molecular formula is C28H35BrN6O5. The first-order valence-corrected chi connectivity index (χ1v) is 14.1. The van der Waals surface area contributed by atoms with Crippen molar-refractivity contribution >= 4 is 39.5 Å². The fraction of sp³-hybridized carbons (Fsp3) is 0.464. The van der Waals surface area contributed by atoms with Crippen molar-refractivity contribution in [1.82, 2.24) is 21.0 Å². The Hall–Kier alpha value is -3.67. The van der Waals surface area contributed by atoms with E-state index in [0.717, 1.165) is 37.1 Å². The highest BCUT2D eigenvalue weighted by atomic mass is 79.9. The first-order chi connectivity index (χ1) is 19.0. The van der Waals surface area contributed by atoms with E-state index in [-0.39, 0.29) is 18.9 Å². The summed E-state index contributed by atoms with van der Waals surface area (Å²) in [7, 11) is 0. The van der Waals surface area contributed by atoms with Crippen molar-refractivity contribution in [3.8, 4) is 11.5 Å². The molecule has 0 spiro atoms. The molecular weight excluding hydrogens is 580 g/mol. The lowest BCUT2D eigenvalue weighted by atomic mass is 10.0. The predicted molar refractivity (Wildman–Crippen MR) is 152 cm³/mol. The zero-order chi connectivity index (χ0) is 28.9. The zero-order valence-corrected chi connectivity index (χ0v) is 24.7. The summed E-state index contributed by atoms with van der Waals surface area (Å²) in [5.41, 5.74) is 1.34. The molecule has 11 nitrogen and oxygen atoms in total. The molecule has 4 bridgehead atoms. The first kappa shape index (κ1) is 29.3. The number of carbonyl (C=O) groups is 3. The third kappa shape index (κ3) is 8.17. The maximum atomic E-state index is 13.1. The number of hydrogen-bond donors (Lipinski definition) is 3. The molecule has 3 aliphatic heterocycles. The molecule has 0 unspecified atom stereocenters. The normalized spacial score (nSPS) is 20.2. The lowest BCUT2D eigenvalue weighted by Crippen LogP contribution is -2.54. The third-order valence-corrected chi connectivity index (χ3v) is 6.86. The van der Waals surface area contributed by atoms with Gasteiger partial charge < -0.3 is 25.4 Å². The van der Waals surface area contributed by atoms with Gasteiger partial charge in [0, 0.05) is 30.5 Å². The van der Waals surface area contributed by atoms with Crippen molar-refractivity contribution in [2.45, 2.75) is 71.2 Å². The van der Waals surface area contributed by atoms with Crippen LogP contribution in [0.3, 0.4) is 0 Å². The zero-order valence-electron chi connectivity index (χ0n) is 23.1. The second kappa shape index (κ2) is 12.7. The Labute approximate surface area is 242 Å². The Morgan fingerprint density at radius 1 is 1.10 bits per heavy atom. The maximum absolute atomic E-state index is 13.1. The summed E-state index contributed by atoms with van der Waals surface area (Å²) in [6.07, 6.45) is 1.62. The lowest BCUT2D eigenvalue weighted by Gasteiger charge is -2.24. The van der Waals surface area contributed by atoms with E-state index in [4.69, 9.17) is 9.47 Å². The van der Waals surface area contributed by atoms with E-state index < -0.39 is 29.7 Å². The van der Waals surface area contributed by atoms with E-state index in [0.29, 0.717) is 21.7 Å². The van der Waals surface area contributed by atoms with E-state index in [1.807, 2.05) is 29.3 Å². The molecule has 0 aromatic heterocycles. The van der Waals surface area contributed by atoms with Crippen molar-refractivity contribution < 1.29 is 23.9 Å². The average molecular weight is 616 g/mol. The Morgan fingerprint density at radius 3 is 2.48 bits per heavy atom. The van der Waals surface area contributed by atoms with Gasteiger partial charge in [-0.2, -0.15) is 0 Å². The predicted octanol–water partition coefficient (Wildman–Crippen LogP) is 4.91. The third-order valence-electron chi connectivity index (χ3n) is 6.26. The second-order valence-corrected chi connectivity index (χ2v) is 11.7. The number of ether oxygens (including phenoxy) is 2. The topological polar surface area (TPSA) is 134 Å². The largest absolute Gasteiger partial charge is 0.455 e. The standard InChI is InChI=1S/C28H35BrN6O5/c1-17-25(36)30-16-19-13-21(29)24(33-34-35-11-5-6-12-35)23(15-19)39-20-9-7-18(8-10-20)14-22(26(37)31-17)32-27(38)40-28(2,3)4/h7-10,13,15,17,22H,5-6,11-12,14,16H2,1-4H3,(H,30,36)(H,31,37)(H,32,38)/t17-,22-/m1/s1. The molecule has 2 aromatic carbocycles. The van der Waals surface area contributed by atoms with Gasteiger partial charge in [-0.1, -0.05) is 17.4 Å². The smallest absolute Gasteiger partial charge is 0.408 e. The SMILES string of the molecule is C[C@H]1NC(=O)[C@H](NC(=O)OC(C)(C)C)Cc2ccc(cc2)Oc2cc(cc(Br)c2N=NN2CCCC2)CNC1=O. The summed E-state index contributed by atoms with van der Waals surface area (Å²) in [6.45, 7) is 8.72. The van der Waals surface area contributed by atoms with Crippen LogP contribution in [0, 0.1) is 0 Å². The number of alkyl carbamates (subject to hydrolysis) is 1. The average Bonchev–Trinajstić information content (AvgIpc) is 3.39. The van der Waals surface area contributed by atoms with Crippen LogP contribution in [0.2, 0.25) is 0 Å². The van der Waals surface area contributed by atoms with E-state index >= 15 is 0 Å². The summed E-state index contributed by atoms with van der Waals surface area (Å²) < 4.78 is 12.3. The van der Waals surface area contributed by atoms with Gasteiger partial charge in [0.1, 0.15) is 29.1 Å². The number of fused-ring (bicyclic) bond motifs is 9. The van der Waals surface area contributed by atoms with Gasteiger partial charge in [-0.05, 0) is 91.9 Å². The number of rotatable bonds is 3. The first-order valence-electron chi connectivity index (χ1n) is 13.3. The summed E-state index contributed by atoms with van der Waals surface area (Å²) in [4.78, 5) is 38.5. The fourth-order valence-electron chi connectivity index (χ4n) is 4.24. The van der Waals surface area contributed by atoms with Crippen LogP contribution in [0.4, 0.5) is 10.5 Å². The Morgan fingerprint density at radius 2 is 1.80 bits per heavy atom. The molecule has 3 heterocycles. The Kier molecular flexibility index (Phi) is 9.28. The summed E-state index contributed by atoms with van der Waals surface area (Å²) >= 11 is 3.59. The number of hydrogen-bond acceptors (Lipinski definition) is 7. The molecule has 0 saturated carbocycles. The van der Waals surface area contributed by atoms with E-state index in [9.17, 15) is 14.4 Å². The minimum Gasteiger partial charge on any atom is -0.455 e. The highest BCUT2D eigenvalue weighted by Crippen LogP contribution is 2.40. The number of nitrogens with zero attached hydrogens (tertiary/aromatic N) is 3. The summed E-state index contributed by atoms with van der Waals surface area (Å²) in [5.74, 6) is 0.151. The summed E-state index contributed by atoms with van der Waals surface area (Å²) in [6, 6.07) is 9.06. The molecule has 0 radical (unpaired) electrons. The van der Waals surface area contributed by atoms with Crippen molar-refractivity contribution in [1.29, 1.82) is 0 Å². The molecule has 12 heteroatoms. The van der Waals surface area contributed by atoms with Gasteiger partial charge in [-0.25, -0.2) is 4.79 Å². The van der Waals surface area contributed by atoms with Gasteiger partial charge in [0.2, 0.25) is 11.8 Å². The minimum atomic E-state index is -0.967. The van der Waals surface area contributed by atoms with Gasteiger partial charge in [0.15, 0.2) is 5.75 Å². The van der Waals surface area contributed by atoms with Gasteiger partial charge in [-0.15, -0.1) is 5.11 Å². The molecule has 40 heavy (non-hydrogen) atoms. The number of halogens is 1. The van der Waals surface area contributed by atoms with E-state index in [1.165, 1.54) is 0 Å².